The van der Waals surface area contributed by atoms with E-state index in [-0.39, 0.29) is 17.0 Å². The van der Waals surface area contributed by atoms with Gasteiger partial charge in [-0.1, -0.05) is 18.2 Å². The number of hydrogen-bond acceptors (Lipinski definition) is 5. The molecule has 10 heteroatoms. The van der Waals surface area contributed by atoms with E-state index in [2.05, 4.69) is 10.1 Å². The fourth-order valence-corrected chi connectivity index (χ4v) is 2.09. The number of ether oxygens (including phenoxy) is 2. The molecule has 2 aromatic rings. The Balaban J connectivity index is 1.83. The van der Waals surface area contributed by atoms with Crippen molar-refractivity contribution in [2.45, 2.75) is 6.18 Å². The van der Waals surface area contributed by atoms with Crippen LogP contribution >= 0.6 is 0 Å². The minimum absolute atomic E-state index is 0.0788. The zero-order chi connectivity index (χ0) is 20.7. The maximum absolute atomic E-state index is 12.6. The molecule has 0 aliphatic heterocycles. The molecule has 2 amide bonds. The van der Waals surface area contributed by atoms with Crippen LogP contribution < -0.4 is 15.8 Å². The van der Waals surface area contributed by atoms with Crippen molar-refractivity contribution in [1.82, 2.24) is 0 Å². The Morgan fingerprint density at radius 3 is 2.39 bits per heavy atom. The van der Waals surface area contributed by atoms with Gasteiger partial charge < -0.3 is 20.5 Å². The van der Waals surface area contributed by atoms with Crippen LogP contribution in [0.1, 0.15) is 15.9 Å². The van der Waals surface area contributed by atoms with Gasteiger partial charge in [-0.3, -0.25) is 9.59 Å². The number of nitrogens with one attached hydrogen (secondary N) is 1. The van der Waals surface area contributed by atoms with Crippen molar-refractivity contribution < 1.29 is 37.0 Å². The number of carbonyl (C=O) groups is 3. The normalized spacial score (nSPS) is 10.8. The molecule has 0 aliphatic carbocycles. The van der Waals surface area contributed by atoms with Crippen LogP contribution in [0.15, 0.2) is 48.5 Å². The minimum Gasteiger partial charge on any atom is -0.482 e. The predicted molar refractivity (Wildman–Crippen MR) is 91.5 cm³/mol. The highest BCUT2D eigenvalue weighted by atomic mass is 19.4. The Bertz CT molecular complexity index is 884. The lowest BCUT2D eigenvalue weighted by Crippen LogP contribution is -2.25. The van der Waals surface area contributed by atoms with E-state index in [1.165, 1.54) is 18.2 Å². The summed E-state index contributed by atoms with van der Waals surface area (Å²) in [6.07, 6.45) is -4.54. The summed E-state index contributed by atoms with van der Waals surface area (Å²) in [6, 6.07) is 9.95. The molecule has 2 aromatic carbocycles. The number of hydrogen-bond donors (Lipinski definition) is 2. The number of alkyl halides is 3. The molecular formula is C18H15F3N2O5. The van der Waals surface area contributed by atoms with Gasteiger partial charge in [0, 0.05) is 0 Å². The third-order valence-electron chi connectivity index (χ3n) is 3.35. The highest BCUT2D eigenvalue weighted by Gasteiger charge is 2.30. The standard InChI is InChI=1S/C18H15F3N2O5/c19-18(20,21)11-4-3-5-12(8-11)27-10-16(25)28-9-15(24)23-14-7-2-1-6-13(14)17(22)26/h1-8H,9-10H2,(H2,22,26)(H,23,24). The van der Waals surface area contributed by atoms with Gasteiger partial charge in [0.25, 0.3) is 11.8 Å². The summed E-state index contributed by atoms with van der Waals surface area (Å²) in [6.45, 7) is -1.37. The van der Waals surface area contributed by atoms with E-state index in [9.17, 15) is 27.6 Å². The average Bonchev–Trinajstić information content (AvgIpc) is 2.64. The summed E-state index contributed by atoms with van der Waals surface area (Å²) in [4.78, 5) is 34.7. The van der Waals surface area contributed by atoms with E-state index in [4.69, 9.17) is 10.5 Å². The van der Waals surface area contributed by atoms with Gasteiger partial charge in [0.1, 0.15) is 5.75 Å². The molecule has 0 radical (unpaired) electrons. The highest BCUT2D eigenvalue weighted by molar-refractivity contribution is 6.03. The minimum atomic E-state index is -4.54. The van der Waals surface area contributed by atoms with Gasteiger partial charge in [-0.25, -0.2) is 4.79 Å². The average molecular weight is 396 g/mol. The summed E-state index contributed by atoms with van der Waals surface area (Å²) in [5, 5.41) is 2.36. The summed E-state index contributed by atoms with van der Waals surface area (Å²) in [5.74, 6) is -2.62. The summed E-state index contributed by atoms with van der Waals surface area (Å²) in [5.41, 5.74) is 4.49. The van der Waals surface area contributed by atoms with E-state index in [0.717, 1.165) is 18.2 Å². The number of anilines is 1. The second kappa shape index (κ2) is 8.89. The van der Waals surface area contributed by atoms with Gasteiger partial charge in [0.15, 0.2) is 13.2 Å². The Hall–Kier alpha value is -3.56. The number of amides is 2. The number of benzene rings is 2. The molecule has 0 unspecified atom stereocenters. The van der Waals surface area contributed by atoms with Crippen LogP contribution in [-0.2, 0) is 20.5 Å². The molecule has 3 N–H and O–H groups in total. The molecule has 7 nitrogen and oxygen atoms in total. The van der Waals surface area contributed by atoms with E-state index in [1.807, 2.05) is 0 Å². The first-order valence-corrected chi connectivity index (χ1v) is 7.81. The quantitative estimate of drug-likeness (QED) is 0.699. The SMILES string of the molecule is NC(=O)c1ccccc1NC(=O)COC(=O)COc1cccc(C(F)(F)F)c1. The first kappa shape index (κ1) is 20.7. The molecule has 0 fully saturated rings. The number of primary amides is 1. The predicted octanol–water partition coefficient (Wildman–Crippen LogP) is 2.36. The first-order chi connectivity index (χ1) is 13.2. The second-order valence-corrected chi connectivity index (χ2v) is 5.43. The van der Waals surface area contributed by atoms with Gasteiger partial charge >= 0.3 is 12.1 Å². The van der Waals surface area contributed by atoms with Crippen molar-refractivity contribution in [2.24, 2.45) is 5.73 Å². The zero-order valence-corrected chi connectivity index (χ0v) is 14.3. The van der Waals surface area contributed by atoms with Gasteiger partial charge in [0.05, 0.1) is 16.8 Å². The van der Waals surface area contributed by atoms with Crippen molar-refractivity contribution in [3.63, 3.8) is 0 Å². The van der Waals surface area contributed by atoms with Gasteiger partial charge in [-0.05, 0) is 30.3 Å². The molecule has 0 atom stereocenters. The number of rotatable bonds is 7. The van der Waals surface area contributed by atoms with Crippen LogP contribution in [0.4, 0.5) is 18.9 Å². The smallest absolute Gasteiger partial charge is 0.416 e. The van der Waals surface area contributed by atoms with Gasteiger partial charge in [0.2, 0.25) is 0 Å². The van der Waals surface area contributed by atoms with Crippen LogP contribution in [0.25, 0.3) is 0 Å². The number of carbonyl (C=O) groups excluding carboxylic acids is 3. The molecule has 0 aromatic heterocycles. The van der Waals surface area contributed by atoms with Crippen LogP contribution in [0.3, 0.4) is 0 Å². The Morgan fingerprint density at radius 2 is 1.71 bits per heavy atom. The molecule has 0 saturated carbocycles. The number of nitrogens with two attached hydrogens (primary N) is 1. The maximum atomic E-state index is 12.6. The molecule has 2 rings (SSSR count). The fourth-order valence-electron chi connectivity index (χ4n) is 2.09. The molecular weight excluding hydrogens is 381 g/mol. The van der Waals surface area contributed by atoms with Crippen molar-refractivity contribution in [2.75, 3.05) is 18.5 Å². The lowest BCUT2D eigenvalue weighted by Gasteiger charge is -2.11. The van der Waals surface area contributed by atoms with E-state index in [0.29, 0.717) is 0 Å². The fraction of sp³-hybridized carbons (Fsp3) is 0.167. The van der Waals surface area contributed by atoms with Gasteiger partial charge in [-0.2, -0.15) is 13.2 Å². The lowest BCUT2D eigenvalue weighted by atomic mass is 10.1. The number of para-hydroxylation sites is 1. The van der Waals surface area contributed by atoms with E-state index in [1.54, 1.807) is 12.1 Å². The third-order valence-corrected chi connectivity index (χ3v) is 3.35. The van der Waals surface area contributed by atoms with E-state index >= 15 is 0 Å². The van der Waals surface area contributed by atoms with Gasteiger partial charge in [-0.15, -0.1) is 0 Å². The van der Waals surface area contributed by atoms with Crippen LogP contribution in [0.2, 0.25) is 0 Å². The van der Waals surface area contributed by atoms with Crippen molar-refractivity contribution >= 4 is 23.5 Å². The molecule has 0 heterocycles. The second-order valence-electron chi connectivity index (χ2n) is 5.43. The Labute approximate surface area is 157 Å². The monoisotopic (exact) mass is 396 g/mol. The largest absolute Gasteiger partial charge is 0.482 e. The summed E-state index contributed by atoms with van der Waals surface area (Å²) < 4.78 is 47.5. The number of halogens is 3. The topological polar surface area (TPSA) is 108 Å². The Morgan fingerprint density at radius 1 is 1.00 bits per heavy atom. The van der Waals surface area contributed by atoms with E-state index < -0.39 is 42.7 Å². The third kappa shape index (κ3) is 6.01. The summed E-state index contributed by atoms with van der Waals surface area (Å²) in [7, 11) is 0. The molecule has 0 bridgehead atoms. The van der Waals surface area contributed by atoms with Crippen LogP contribution in [0, 0.1) is 0 Å². The summed E-state index contributed by atoms with van der Waals surface area (Å²) >= 11 is 0. The zero-order valence-electron chi connectivity index (χ0n) is 14.3. The molecule has 28 heavy (non-hydrogen) atoms. The lowest BCUT2D eigenvalue weighted by molar-refractivity contribution is -0.149. The molecule has 148 valence electrons. The van der Waals surface area contributed by atoms with Crippen LogP contribution in [-0.4, -0.2) is 31.0 Å². The van der Waals surface area contributed by atoms with Crippen molar-refractivity contribution in [3.8, 4) is 5.75 Å². The van der Waals surface area contributed by atoms with Crippen molar-refractivity contribution in [3.05, 3.63) is 59.7 Å². The highest BCUT2D eigenvalue weighted by Crippen LogP contribution is 2.31. The van der Waals surface area contributed by atoms with Crippen molar-refractivity contribution in [1.29, 1.82) is 0 Å². The maximum Gasteiger partial charge on any atom is 0.416 e. The number of esters is 1. The molecule has 0 saturated heterocycles. The first-order valence-electron chi connectivity index (χ1n) is 7.81. The van der Waals surface area contributed by atoms with Crippen LogP contribution in [0.5, 0.6) is 5.75 Å². The Kier molecular flexibility index (Phi) is 6.59. The molecule has 0 spiro atoms. The molecule has 0 aliphatic rings.